The summed E-state index contributed by atoms with van der Waals surface area (Å²) in [4.78, 5) is 9.79. The summed E-state index contributed by atoms with van der Waals surface area (Å²) in [6.45, 7) is 0. The zero-order valence-corrected chi connectivity index (χ0v) is 14.6. The van der Waals surface area contributed by atoms with Gasteiger partial charge >= 0.3 is 0 Å². The molecule has 4 aromatic rings. The lowest BCUT2D eigenvalue weighted by molar-refractivity contribution is 0.415. The van der Waals surface area contributed by atoms with Crippen LogP contribution < -0.4 is 9.47 Å². The molecule has 0 saturated carbocycles. The van der Waals surface area contributed by atoms with Crippen molar-refractivity contribution < 1.29 is 9.47 Å². The Bertz CT molecular complexity index is 990. The van der Waals surface area contributed by atoms with Crippen molar-refractivity contribution in [2.24, 2.45) is 0 Å². The smallest absolute Gasteiger partial charge is 0.119 e. The average Bonchev–Trinajstić information content (AvgIpc) is 2.73. The van der Waals surface area contributed by atoms with Gasteiger partial charge in [0, 0.05) is 11.1 Å². The van der Waals surface area contributed by atoms with Crippen LogP contribution in [0.15, 0.2) is 72.8 Å². The van der Waals surface area contributed by atoms with Crippen molar-refractivity contribution in [3.8, 4) is 34.0 Å². The van der Waals surface area contributed by atoms with E-state index in [1.807, 2.05) is 72.8 Å². The quantitative estimate of drug-likeness (QED) is 0.524. The molecule has 0 aliphatic heterocycles. The predicted octanol–water partition coefficient (Wildman–Crippen LogP) is 4.98. The number of ether oxygens (including phenoxy) is 2. The van der Waals surface area contributed by atoms with Gasteiger partial charge in [0.15, 0.2) is 0 Å². The minimum Gasteiger partial charge on any atom is -0.497 e. The summed E-state index contributed by atoms with van der Waals surface area (Å²) in [5.74, 6) is 1.57. The Morgan fingerprint density at radius 1 is 0.577 bits per heavy atom. The summed E-state index contributed by atoms with van der Waals surface area (Å²) in [6.07, 6.45) is 0. The molecule has 0 fully saturated rings. The second-order valence-electron chi connectivity index (χ2n) is 5.87. The van der Waals surface area contributed by atoms with E-state index in [2.05, 4.69) is 0 Å². The molecule has 4 nitrogen and oxygen atoms in total. The lowest BCUT2D eigenvalue weighted by atomic mass is 10.0. The van der Waals surface area contributed by atoms with Gasteiger partial charge in [-0.25, -0.2) is 9.97 Å². The van der Waals surface area contributed by atoms with Crippen LogP contribution in [-0.2, 0) is 0 Å². The molecule has 0 N–H and O–H groups in total. The molecule has 0 atom stereocenters. The monoisotopic (exact) mass is 342 g/mol. The normalized spacial score (nSPS) is 10.7. The molecular weight excluding hydrogens is 324 g/mol. The molecule has 0 spiro atoms. The van der Waals surface area contributed by atoms with E-state index < -0.39 is 0 Å². The summed E-state index contributed by atoms with van der Waals surface area (Å²) >= 11 is 0. The molecule has 0 aliphatic carbocycles. The fourth-order valence-electron chi connectivity index (χ4n) is 2.94. The number of aromatic nitrogens is 2. The molecule has 128 valence electrons. The second kappa shape index (κ2) is 6.84. The van der Waals surface area contributed by atoms with Crippen LogP contribution in [0, 0.1) is 0 Å². The summed E-state index contributed by atoms with van der Waals surface area (Å²) in [5.41, 5.74) is 5.27. The maximum Gasteiger partial charge on any atom is 0.119 e. The van der Waals surface area contributed by atoms with Crippen molar-refractivity contribution in [3.05, 3.63) is 72.8 Å². The zero-order chi connectivity index (χ0) is 17.9. The van der Waals surface area contributed by atoms with Gasteiger partial charge in [-0.2, -0.15) is 0 Å². The fourth-order valence-corrected chi connectivity index (χ4v) is 2.94. The molecular formula is C22H18N2O2. The van der Waals surface area contributed by atoms with Gasteiger partial charge < -0.3 is 9.47 Å². The SMILES string of the molecule is COc1cccc(-c2nc3ccccc3nc2-c2cccc(OC)c2)c1. The van der Waals surface area contributed by atoms with Crippen LogP contribution in [-0.4, -0.2) is 24.2 Å². The van der Waals surface area contributed by atoms with Gasteiger partial charge in [-0.3, -0.25) is 0 Å². The van der Waals surface area contributed by atoms with Crippen molar-refractivity contribution in [1.82, 2.24) is 9.97 Å². The topological polar surface area (TPSA) is 44.2 Å². The van der Waals surface area contributed by atoms with E-state index in [1.165, 1.54) is 0 Å². The molecule has 0 bridgehead atoms. The highest BCUT2D eigenvalue weighted by Crippen LogP contribution is 2.33. The van der Waals surface area contributed by atoms with Gasteiger partial charge in [-0.05, 0) is 36.4 Å². The summed E-state index contributed by atoms with van der Waals surface area (Å²) in [5, 5.41) is 0. The lowest BCUT2D eigenvalue weighted by Crippen LogP contribution is -1.96. The van der Waals surface area contributed by atoms with Crippen molar-refractivity contribution in [1.29, 1.82) is 0 Å². The van der Waals surface area contributed by atoms with E-state index in [4.69, 9.17) is 19.4 Å². The first-order chi connectivity index (χ1) is 12.8. The Kier molecular flexibility index (Phi) is 4.23. The van der Waals surface area contributed by atoms with Crippen molar-refractivity contribution in [3.63, 3.8) is 0 Å². The highest BCUT2D eigenvalue weighted by molar-refractivity contribution is 5.86. The summed E-state index contributed by atoms with van der Waals surface area (Å²) < 4.78 is 10.8. The molecule has 0 unspecified atom stereocenters. The zero-order valence-electron chi connectivity index (χ0n) is 14.6. The second-order valence-corrected chi connectivity index (χ2v) is 5.87. The van der Waals surface area contributed by atoms with Gasteiger partial charge in [0.1, 0.15) is 11.5 Å². The van der Waals surface area contributed by atoms with Crippen LogP contribution in [0.25, 0.3) is 33.5 Å². The Morgan fingerprint density at radius 3 is 1.46 bits per heavy atom. The first kappa shape index (κ1) is 16.1. The lowest BCUT2D eigenvalue weighted by Gasteiger charge is -2.12. The maximum atomic E-state index is 5.38. The fraction of sp³-hybridized carbons (Fsp3) is 0.0909. The van der Waals surface area contributed by atoms with Gasteiger partial charge in [0.25, 0.3) is 0 Å². The highest BCUT2D eigenvalue weighted by atomic mass is 16.5. The number of fused-ring (bicyclic) bond motifs is 1. The first-order valence-electron chi connectivity index (χ1n) is 8.34. The number of benzene rings is 3. The number of nitrogens with zero attached hydrogens (tertiary/aromatic N) is 2. The first-order valence-corrected chi connectivity index (χ1v) is 8.34. The molecule has 0 amide bonds. The van der Waals surface area contributed by atoms with Crippen molar-refractivity contribution >= 4 is 11.0 Å². The third kappa shape index (κ3) is 2.97. The molecule has 1 heterocycles. The molecule has 3 aromatic carbocycles. The number of hydrogen-bond donors (Lipinski definition) is 0. The highest BCUT2D eigenvalue weighted by Gasteiger charge is 2.14. The molecule has 0 aliphatic rings. The number of para-hydroxylation sites is 2. The van der Waals surface area contributed by atoms with Gasteiger partial charge in [0.2, 0.25) is 0 Å². The molecule has 0 saturated heterocycles. The van der Waals surface area contributed by atoms with E-state index in [1.54, 1.807) is 14.2 Å². The van der Waals surface area contributed by atoms with Crippen LogP contribution in [0.1, 0.15) is 0 Å². The van der Waals surface area contributed by atoms with Gasteiger partial charge in [0.05, 0.1) is 36.6 Å². The minimum absolute atomic E-state index is 0.786. The largest absolute Gasteiger partial charge is 0.497 e. The van der Waals surface area contributed by atoms with Crippen LogP contribution in [0.4, 0.5) is 0 Å². The maximum absolute atomic E-state index is 5.38. The van der Waals surface area contributed by atoms with Crippen LogP contribution >= 0.6 is 0 Å². The van der Waals surface area contributed by atoms with Crippen molar-refractivity contribution in [2.75, 3.05) is 14.2 Å². The number of rotatable bonds is 4. The van der Waals surface area contributed by atoms with E-state index in [0.717, 1.165) is 45.0 Å². The van der Waals surface area contributed by atoms with Crippen LogP contribution in [0.5, 0.6) is 11.5 Å². The Labute approximate surface area is 152 Å². The van der Waals surface area contributed by atoms with Crippen LogP contribution in [0.2, 0.25) is 0 Å². The van der Waals surface area contributed by atoms with Crippen LogP contribution in [0.3, 0.4) is 0 Å². The predicted molar refractivity (Wildman–Crippen MR) is 104 cm³/mol. The molecule has 26 heavy (non-hydrogen) atoms. The molecule has 0 radical (unpaired) electrons. The minimum atomic E-state index is 0.786. The number of methoxy groups -OCH3 is 2. The molecule has 1 aromatic heterocycles. The molecule has 4 heteroatoms. The Hall–Kier alpha value is -3.40. The summed E-state index contributed by atoms with van der Waals surface area (Å²) in [6, 6.07) is 23.6. The van der Waals surface area contributed by atoms with E-state index in [-0.39, 0.29) is 0 Å². The summed E-state index contributed by atoms with van der Waals surface area (Å²) in [7, 11) is 3.32. The van der Waals surface area contributed by atoms with Crippen molar-refractivity contribution in [2.45, 2.75) is 0 Å². The van der Waals surface area contributed by atoms with Gasteiger partial charge in [-0.15, -0.1) is 0 Å². The van der Waals surface area contributed by atoms with E-state index in [9.17, 15) is 0 Å². The molecule has 4 rings (SSSR count). The Balaban J connectivity index is 2.00. The third-order valence-electron chi connectivity index (χ3n) is 4.26. The number of hydrogen-bond acceptors (Lipinski definition) is 4. The standard InChI is InChI=1S/C22H18N2O2/c1-25-17-9-5-7-15(13-17)21-22(16-8-6-10-18(14-16)26-2)24-20-12-4-3-11-19(20)23-21/h3-14H,1-2H3. The Morgan fingerprint density at radius 2 is 1.04 bits per heavy atom. The van der Waals surface area contributed by atoms with E-state index in [0.29, 0.717) is 0 Å². The average molecular weight is 342 g/mol. The van der Waals surface area contributed by atoms with E-state index >= 15 is 0 Å². The third-order valence-corrected chi connectivity index (χ3v) is 4.26. The van der Waals surface area contributed by atoms with Gasteiger partial charge in [-0.1, -0.05) is 36.4 Å².